The molecule has 0 bridgehead atoms. The third kappa shape index (κ3) is 5.41. The van der Waals surface area contributed by atoms with Crippen molar-refractivity contribution in [2.75, 3.05) is 5.32 Å². The summed E-state index contributed by atoms with van der Waals surface area (Å²) in [5, 5.41) is 22.6. The Bertz CT molecular complexity index is 1100. The van der Waals surface area contributed by atoms with E-state index in [0.717, 1.165) is 24.3 Å². The van der Waals surface area contributed by atoms with Crippen molar-refractivity contribution in [3.8, 4) is 17.3 Å². The maximum absolute atomic E-state index is 8.77. The van der Waals surface area contributed by atoms with Gasteiger partial charge in [-0.3, -0.25) is 5.10 Å². The van der Waals surface area contributed by atoms with Crippen molar-refractivity contribution < 1.29 is 0 Å². The molecule has 8 heteroatoms. The van der Waals surface area contributed by atoms with Crippen molar-refractivity contribution in [3.63, 3.8) is 0 Å². The Morgan fingerprint density at radius 1 is 0.867 bits per heavy atom. The standard InChI is InChI=1S/C22H19N7.ClH/c23-11-19-14-26-22(15-25-19)27-21-10-20(28-29-21)18-8-6-17(7-9-18)13-24-12-16-4-2-1-3-5-16;/h1-10,14-15,24H,12-13H2,(H2,26,27,28,29);1H. The molecule has 7 nitrogen and oxygen atoms in total. The number of rotatable bonds is 7. The van der Waals surface area contributed by atoms with E-state index in [2.05, 4.69) is 67.2 Å². The third-order valence-corrected chi connectivity index (χ3v) is 4.37. The quantitative estimate of drug-likeness (QED) is 0.416. The molecule has 0 aliphatic carbocycles. The van der Waals surface area contributed by atoms with Crippen LogP contribution < -0.4 is 10.6 Å². The number of anilines is 2. The van der Waals surface area contributed by atoms with Crippen molar-refractivity contribution in [2.45, 2.75) is 13.1 Å². The van der Waals surface area contributed by atoms with Gasteiger partial charge in [0.2, 0.25) is 0 Å². The average molecular weight is 418 g/mol. The van der Waals surface area contributed by atoms with Gasteiger partial charge in [-0.2, -0.15) is 10.4 Å². The Hall–Kier alpha value is -3.73. The number of aromatic nitrogens is 4. The summed E-state index contributed by atoms with van der Waals surface area (Å²) in [5.41, 5.74) is 4.71. The second-order valence-electron chi connectivity index (χ2n) is 6.48. The highest BCUT2D eigenvalue weighted by Gasteiger charge is 2.05. The van der Waals surface area contributed by atoms with Gasteiger partial charge in [-0.1, -0.05) is 54.6 Å². The molecule has 0 aliphatic rings. The van der Waals surface area contributed by atoms with E-state index < -0.39 is 0 Å². The van der Waals surface area contributed by atoms with Crippen LogP contribution in [0, 0.1) is 11.3 Å². The number of nitrogens with one attached hydrogen (secondary N) is 3. The molecular weight excluding hydrogens is 398 g/mol. The van der Waals surface area contributed by atoms with Crippen LogP contribution in [0.15, 0.2) is 73.1 Å². The summed E-state index contributed by atoms with van der Waals surface area (Å²) in [5.74, 6) is 1.16. The Balaban J connectivity index is 0.00000256. The van der Waals surface area contributed by atoms with E-state index in [1.54, 1.807) is 0 Å². The van der Waals surface area contributed by atoms with Gasteiger partial charge in [0.1, 0.15) is 11.9 Å². The summed E-state index contributed by atoms with van der Waals surface area (Å²) in [7, 11) is 0. The first-order valence-electron chi connectivity index (χ1n) is 9.19. The minimum atomic E-state index is 0. The summed E-state index contributed by atoms with van der Waals surface area (Å²) < 4.78 is 0. The van der Waals surface area contributed by atoms with Crippen LogP contribution in [0.2, 0.25) is 0 Å². The lowest BCUT2D eigenvalue weighted by atomic mass is 10.1. The van der Waals surface area contributed by atoms with Gasteiger partial charge in [0.05, 0.1) is 18.1 Å². The fourth-order valence-electron chi connectivity index (χ4n) is 2.86. The van der Waals surface area contributed by atoms with Crippen LogP contribution in [-0.2, 0) is 13.1 Å². The smallest absolute Gasteiger partial charge is 0.158 e. The van der Waals surface area contributed by atoms with Gasteiger partial charge in [-0.05, 0) is 16.7 Å². The molecule has 0 radical (unpaired) electrons. The van der Waals surface area contributed by atoms with Crippen LogP contribution >= 0.6 is 12.4 Å². The molecule has 0 fully saturated rings. The molecule has 4 aromatic rings. The highest BCUT2D eigenvalue weighted by molar-refractivity contribution is 5.85. The Morgan fingerprint density at radius 3 is 2.27 bits per heavy atom. The molecule has 0 amide bonds. The van der Waals surface area contributed by atoms with E-state index in [0.29, 0.717) is 11.6 Å². The van der Waals surface area contributed by atoms with E-state index in [1.807, 2.05) is 30.3 Å². The molecule has 0 unspecified atom stereocenters. The van der Waals surface area contributed by atoms with Gasteiger partial charge < -0.3 is 10.6 Å². The fourth-order valence-corrected chi connectivity index (χ4v) is 2.86. The first-order valence-corrected chi connectivity index (χ1v) is 9.19. The molecule has 3 N–H and O–H groups in total. The van der Waals surface area contributed by atoms with E-state index in [4.69, 9.17) is 5.26 Å². The topological polar surface area (TPSA) is 102 Å². The number of halogens is 1. The number of benzene rings is 2. The number of H-pyrrole nitrogens is 1. The fraction of sp³-hybridized carbons (Fsp3) is 0.0909. The minimum Gasteiger partial charge on any atom is -0.322 e. The van der Waals surface area contributed by atoms with Gasteiger partial charge in [-0.25, -0.2) is 9.97 Å². The molecule has 0 atom stereocenters. The Kier molecular flexibility index (Phi) is 7.11. The molecular formula is C22H20ClN7. The molecule has 0 saturated heterocycles. The lowest BCUT2D eigenvalue weighted by molar-refractivity contribution is 0.693. The van der Waals surface area contributed by atoms with Crippen molar-refractivity contribution >= 4 is 24.0 Å². The summed E-state index contributed by atoms with van der Waals surface area (Å²) in [6, 6.07) is 22.5. The predicted octanol–water partition coefficient (Wildman–Crippen LogP) is 4.19. The number of hydrogen-bond acceptors (Lipinski definition) is 6. The van der Waals surface area contributed by atoms with Crippen LogP contribution in [0.4, 0.5) is 11.6 Å². The maximum Gasteiger partial charge on any atom is 0.158 e. The van der Waals surface area contributed by atoms with Gasteiger partial charge in [0, 0.05) is 19.2 Å². The zero-order valence-electron chi connectivity index (χ0n) is 16.0. The largest absolute Gasteiger partial charge is 0.322 e. The molecule has 30 heavy (non-hydrogen) atoms. The first-order chi connectivity index (χ1) is 14.3. The summed E-state index contributed by atoms with van der Waals surface area (Å²) in [4.78, 5) is 8.11. The number of nitrogens with zero attached hydrogens (tertiary/aromatic N) is 4. The molecule has 0 aliphatic heterocycles. The van der Waals surface area contributed by atoms with Gasteiger partial charge >= 0.3 is 0 Å². The zero-order valence-corrected chi connectivity index (χ0v) is 16.9. The molecule has 2 aromatic heterocycles. The molecule has 0 spiro atoms. The first kappa shape index (κ1) is 21.0. The number of aromatic amines is 1. The molecule has 0 saturated carbocycles. The van der Waals surface area contributed by atoms with Crippen LogP contribution in [0.1, 0.15) is 16.8 Å². The predicted molar refractivity (Wildman–Crippen MR) is 118 cm³/mol. The number of hydrogen-bond donors (Lipinski definition) is 3. The van der Waals surface area contributed by atoms with Crippen LogP contribution in [0.25, 0.3) is 11.3 Å². The third-order valence-electron chi connectivity index (χ3n) is 4.37. The van der Waals surface area contributed by atoms with Gasteiger partial charge in [0.15, 0.2) is 11.5 Å². The molecule has 150 valence electrons. The molecule has 2 aromatic carbocycles. The maximum atomic E-state index is 8.77. The van der Waals surface area contributed by atoms with Gasteiger partial charge in [-0.15, -0.1) is 12.4 Å². The number of nitriles is 1. The second-order valence-corrected chi connectivity index (χ2v) is 6.48. The molecule has 2 heterocycles. The lowest BCUT2D eigenvalue weighted by Gasteiger charge is -2.06. The summed E-state index contributed by atoms with van der Waals surface area (Å²) in [6.45, 7) is 1.65. The summed E-state index contributed by atoms with van der Waals surface area (Å²) >= 11 is 0. The van der Waals surface area contributed by atoms with E-state index in [-0.39, 0.29) is 18.1 Å². The highest BCUT2D eigenvalue weighted by Crippen LogP contribution is 2.21. The van der Waals surface area contributed by atoms with Crippen LogP contribution in [-0.4, -0.2) is 20.2 Å². The lowest BCUT2D eigenvalue weighted by Crippen LogP contribution is -2.12. The van der Waals surface area contributed by atoms with Crippen molar-refractivity contribution in [1.82, 2.24) is 25.5 Å². The highest BCUT2D eigenvalue weighted by atomic mass is 35.5. The van der Waals surface area contributed by atoms with E-state index >= 15 is 0 Å². The van der Waals surface area contributed by atoms with Crippen LogP contribution in [0.3, 0.4) is 0 Å². The average Bonchev–Trinajstić information content (AvgIpc) is 3.24. The normalized spacial score (nSPS) is 10.1. The van der Waals surface area contributed by atoms with Crippen molar-refractivity contribution in [3.05, 3.63) is 89.9 Å². The second kappa shape index (κ2) is 10.2. The monoisotopic (exact) mass is 417 g/mol. The Morgan fingerprint density at radius 2 is 1.60 bits per heavy atom. The van der Waals surface area contributed by atoms with Crippen LogP contribution in [0.5, 0.6) is 0 Å². The minimum absolute atomic E-state index is 0. The van der Waals surface area contributed by atoms with Crippen molar-refractivity contribution in [2.24, 2.45) is 0 Å². The van der Waals surface area contributed by atoms with E-state index in [1.165, 1.54) is 23.5 Å². The molecule has 4 rings (SSSR count). The SMILES string of the molecule is Cl.N#Cc1cnc(Nc2cc(-c3ccc(CNCc4ccccc4)cc3)[nH]n2)cn1. The van der Waals surface area contributed by atoms with Gasteiger partial charge in [0.25, 0.3) is 0 Å². The zero-order chi connectivity index (χ0) is 19.9. The van der Waals surface area contributed by atoms with E-state index in [9.17, 15) is 0 Å². The summed E-state index contributed by atoms with van der Waals surface area (Å²) in [6.07, 6.45) is 2.92. The Labute approximate surface area is 180 Å². The van der Waals surface area contributed by atoms with Crippen molar-refractivity contribution in [1.29, 1.82) is 5.26 Å².